The van der Waals surface area contributed by atoms with Crippen molar-refractivity contribution in [3.63, 3.8) is 0 Å². The monoisotopic (exact) mass is 313 g/mol. The Hall–Kier alpha value is -1.32. The molecule has 1 aromatic carbocycles. The molecule has 1 atom stereocenters. The van der Waals surface area contributed by atoms with E-state index in [1.807, 2.05) is 0 Å². The fourth-order valence-electron chi connectivity index (χ4n) is 4.00. The van der Waals surface area contributed by atoms with E-state index in [1.165, 1.54) is 42.4 Å². The van der Waals surface area contributed by atoms with Crippen molar-refractivity contribution in [2.45, 2.75) is 51.0 Å². The van der Waals surface area contributed by atoms with Crippen LogP contribution in [-0.2, 0) is 17.6 Å². The quantitative estimate of drug-likeness (QED) is 0.863. The van der Waals surface area contributed by atoms with E-state index < -0.39 is 0 Å². The normalized spacial score (nSPS) is 24.0. The molecular formula is C20H27NO2. The highest BCUT2D eigenvalue weighted by Gasteiger charge is 2.23. The van der Waals surface area contributed by atoms with Gasteiger partial charge in [-0.3, -0.25) is 0 Å². The lowest BCUT2D eigenvalue weighted by atomic mass is 9.88. The number of hydrogen-bond acceptors (Lipinski definition) is 3. The topological polar surface area (TPSA) is 30.5 Å². The molecule has 1 aromatic rings. The minimum Gasteiger partial charge on any atom is -0.493 e. The molecule has 124 valence electrons. The molecule has 23 heavy (non-hydrogen) atoms. The summed E-state index contributed by atoms with van der Waals surface area (Å²) in [6, 6.07) is 5.16. The van der Waals surface area contributed by atoms with Gasteiger partial charge >= 0.3 is 0 Å². The number of nitrogens with one attached hydrogen (secondary N) is 1. The van der Waals surface area contributed by atoms with Gasteiger partial charge in [-0.05, 0) is 67.7 Å². The van der Waals surface area contributed by atoms with Crippen LogP contribution in [0.5, 0.6) is 5.75 Å². The molecule has 3 nitrogen and oxygen atoms in total. The van der Waals surface area contributed by atoms with Crippen LogP contribution in [0.2, 0.25) is 0 Å². The number of rotatable bonds is 3. The molecule has 0 saturated heterocycles. The van der Waals surface area contributed by atoms with Crippen molar-refractivity contribution in [2.75, 3.05) is 26.4 Å². The Balaban J connectivity index is 1.55. The van der Waals surface area contributed by atoms with Gasteiger partial charge in [-0.15, -0.1) is 0 Å². The zero-order valence-electron chi connectivity index (χ0n) is 13.9. The van der Waals surface area contributed by atoms with E-state index in [0.29, 0.717) is 6.04 Å². The second kappa shape index (κ2) is 7.06. The molecule has 0 bridgehead atoms. The fraction of sp³-hybridized carbons (Fsp3) is 0.600. The maximum absolute atomic E-state index is 6.06. The molecule has 0 saturated carbocycles. The smallest absolute Gasteiger partial charge is 0.124 e. The highest BCUT2D eigenvalue weighted by Crippen LogP contribution is 2.36. The van der Waals surface area contributed by atoms with E-state index in [-0.39, 0.29) is 0 Å². The summed E-state index contributed by atoms with van der Waals surface area (Å²) >= 11 is 0. The largest absolute Gasteiger partial charge is 0.493 e. The Kier molecular flexibility index (Phi) is 4.67. The molecule has 4 rings (SSSR count). The summed E-state index contributed by atoms with van der Waals surface area (Å²) in [4.78, 5) is 0. The van der Waals surface area contributed by atoms with Crippen molar-refractivity contribution >= 4 is 0 Å². The van der Waals surface area contributed by atoms with Crippen molar-refractivity contribution in [3.05, 3.63) is 40.5 Å². The van der Waals surface area contributed by atoms with Gasteiger partial charge in [0.05, 0.1) is 19.8 Å². The van der Waals surface area contributed by atoms with Crippen LogP contribution in [0.4, 0.5) is 0 Å². The summed E-state index contributed by atoms with van der Waals surface area (Å²) in [6.07, 6.45) is 10.7. The van der Waals surface area contributed by atoms with Gasteiger partial charge in [-0.1, -0.05) is 12.1 Å². The van der Waals surface area contributed by atoms with E-state index in [4.69, 9.17) is 9.47 Å². The maximum atomic E-state index is 6.06. The Morgan fingerprint density at radius 2 is 1.91 bits per heavy atom. The Morgan fingerprint density at radius 1 is 1.04 bits per heavy atom. The third-order valence-corrected chi connectivity index (χ3v) is 5.30. The fourth-order valence-corrected chi connectivity index (χ4v) is 4.00. The first-order valence-electron chi connectivity index (χ1n) is 9.18. The van der Waals surface area contributed by atoms with Gasteiger partial charge in [0.25, 0.3) is 0 Å². The van der Waals surface area contributed by atoms with E-state index in [9.17, 15) is 0 Å². The maximum Gasteiger partial charge on any atom is 0.124 e. The summed E-state index contributed by atoms with van der Waals surface area (Å²) in [6.45, 7) is 3.43. The van der Waals surface area contributed by atoms with Crippen molar-refractivity contribution < 1.29 is 9.47 Å². The second-order valence-corrected chi connectivity index (χ2v) is 6.99. The molecular weight excluding hydrogens is 286 g/mol. The van der Waals surface area contributed by atoms with Gasteiger partial charge in [0.15, 0.2) is 0 Å². The Bertz CT molecular complexity index is 594. The zero-order valence-corrected chi connectivity index (χ0v) is 13.9. The first-order valence-corrected chi connectivity index (χ1v) is 9.18. The minimum absolute atomic E-state index is 0.405. The van der Waals surface area contributed by atoms with Crippen LogP contribution in [0, 0.1) is 0 Å². The number of aryl methyl sites for hydroxylation is 2. The highest BCUT2D eigenvalue weighted by atomic mass is 16.5. The molecule has 1 aliphatic carbocycles. The molecule has 1 N–H and O–H groups in total. The van der Waals surface area contributed by atoms with Gasteiger partial charge in [0.1, 0.15) is 5.75 Å². The van der Waals surface area contributed by atoms with Crippen LogP contribution in [0.1, 0.15) is 54.8 Å². The number of benzene rings is 1. The first kappa shape index (κ1) is 15.2. The molecule has 2 heterocycles. The third-order valence-electron chi connectivity index (χ3n) is 5.30. The summed E-state index contributed by atoms with van der Waals surface area (Å²) in [5.41, 5.74) is 5.83. The number of hydrogen-bond donors (Lipinski definition) is 1. The SMILES string of the molecule is C1=C(CNC2CCCOc3cc4c(cc32)CCCC4)COCC1. The Morgan fingerprint density at radius 3 is 2.74 bits per heavy atom. The van der Waals surface area contributed by atoms with Crippen LogP contribution in [0.3, 0.4) is 0 Å². The summed E-state index contributed by atoms with van der Waals surface area (Å²) in [5.74, 6) is 1.12. The second-order valence-electron chi connectivity index (χ2n) is 6.99. The lowest BCUT2D eigenvalue weighted by Gasteiger charge is -2.24. The Labute approximate surface area is 139 Å². The van der Waals surface area contributed by atoms with Gasteiger partial charge in [0, 0.05) is 18.2 Å². The average Bonchev–Trinajstić information content (AvgIpc) is 2.81. The molecule has 0 aromatic heterocycles. The van der Waals surface area contributed by atoms with Gasteiger partial charge < -0.3 is 14.8 Å². The standard InChI is InChI=1S/C20H27NO2/c1-2-7-17-12-20-18(11-16(17)6-1)19(8-4-10-23-20)21-13-15-5-3-9-22-14-15/h5,11-12,19,21H,1-4,6-10,13-14H2. The molecule has 2 aliphatic heterocycles. The molecule has 0 amide bonds. The molecule has 0 fully saturated rings. The molecule has 0 radical (unpaired) electrons. The molecule has 0 spiro atoms. The van der Waals surface area contributed by atoms with Crippen molar-refractivity contribution in [1.29, 1.82) is 0 Å². The van der Waals surface area contributed by atoms with Gasteiger partial charge in [0.2, 0.25) is 0 Å². The molecule has 1 unspecified atom stereocenters. The minimum atomic E-state index is 0.405. The first-order chi connectivity index (χ1) is 11.4. The predicted octanol–water partition coefficient (Wildman–Crippen LogP) is 3.72. The van der Waals surface area contributed by atoms with E-state index in [0.717, 1.165) is 51.4 Å². The number of fused-ring (bicyclic) bond motifs is 2. The predicted molar refractivity (Wildman–Crippen MR) is 92.1 cm³/mol. The van der Waals surface area contributed by atoms with Crippen LogP contribution >= 0.6 is 0 Å². The summed E-state index contributed by atoms with van der Waals surface area (Å²) in [7, 11) is 0. The summed E-state index contributed by atoms with van der Waals surface area (Å²) in [5, 5.41) is 3.77. The molecule has 3 heteroatoms. The van der Waals surface area contributed by atoms with Crippen LogP contribution < -0.4 is 10.1 Å². The van der Waals surface area contributed by atoms with E-state index >= 15 is 0 Å². The average molecular weight is 313 g/mol. The van der Waals surface area contributed by atoms with Crippen molar-refractivity contribution in [1.82, 2.24) is 5.32 Å². The van der Waals surface area contributed by atoms with Crippen LogP contribution in [0.15, 0.2) is 23.8 Å². The third kappa shape index (κ3) is 3.46. The van der Waals surface area contributed by atoms with Crippen molar-refractivity contribution in [2.24, 2.45) is 0 Å². The van der Waals surface area contributed by atoms with Crippen LogP contribution in [0.25, 0.3) is 0 Å². The van der Waals surface area contributed by atoms with Gasteiger partial charge in [-0.2, -0.15) is 0 Å². The van der Waals surface area contributed by atoms with E-state index in [2.05, 4.69) is 23.5 Å². The molecule has 3 aliphatic rings. The lowest BCUT2D eigenvalue weighted by Crippen LogP contribution is -2.26. The van der Waals surface area contributed by atoms with E-state index in [1.54, 1.807) is 5.56 Å². The van der Waals surface area contributed by atoms with Crippen molar-refractivity contribution in [3.8, 4) is 5.75 Å². The summed E-state index contributed by atoms with van der Waals surface area (Å²) < 4.78 is 11.6. The lowest BCUT2D eigenvalue weighted by molar-refractivity contribution is 0.148. The number of ether oxygens (including phenoxy) is 2. The van der Waals surface area contributed by atoms with Crippen LogP contribution in [-0.4, -0.2) is 26.4 Å². The van der Waals surface area contributed by atoms with Gasteiger partial charge in [-0.25, -0.2) is 0 Å². The highest BCUT2D eigenvalue weighted by molar-refractivity contribution is 5.46. The zero-order chi connectivity index (χ0) is 15.5.